The van der Waals surface area contributed by atoms with Crippen molar-refractivity contribution in [3.8, 4) is 0 Å². The number of carbonyl (C=O) groups is 1. The van der Waals surface area contributed by atoms with E-state index in [1.54, 1.807) is 0 Å². The SMILES string of the molecule is O=C(CCN1C(=S)N[C@H](c2ccccn2)[C@@H]1c1cccn1C[C@@H]1CCCO1)Nc1cccc2ccccc12. The first-order valence-electron chi connectivity index (χ1n) is 13.2. The van der Waals surface area contributed by atoms with Gasteiger partial charge in [-0.15, -0.1) is 0 Å². The Labute approximate surface area is 227 Å². The summed E-state index contributed by atoms with van der Waals surface area (Å²) in [7, 11) is 0. The average molecular weight is 526 g/mol. The molecule has 7 nitrogen and oxygen atoms in total. The summed E-state index contributed by atoms with van der Waals surface area (Å²) < 4.78 is 8.20. The van der Waals surface area contributed by atoms with E-state index in [1.165, 1.54) is 0 Å². The molecule has 8 heteroatoms. The van der Waals surface area contributed by atoms with Crippen LogP contribution < -0.4 is 10.6 Å². The van der Waals surface area contributed by atoms with Crippen LogP contribution in [-0.2, 0) is 16.1 Å². The summed E-state index contributed by atoms with van der Waals surface area (Å²) in [6, 6.07) is 24.0. The van der Waals surface area contributed by atoms with Gasteiger partial charge in [-0.1, -0.05) is 42.5 Å². The number of ether oxygens (including phenoxy) is 1. The van der Waals surface area contributed by atoms with Gasteiger partial charge >= 0.3 is 0 Å². The zero-order valence-corrected chi connectivity index (χ0v) is 21.9. The van der Waals surface area contributed by atoms with Crippen LogP contribution in [-0.4, -0.2) is 44.7 Å². The number of pyridine rings is 1. The first-order chi connectivity index (χ1) is 18.7. The Kier molecular flexibility index (Phi) is 7.07. The molecular weight excluding hydrogens is 494 g/mol. The number of amides is 1. The second-order valence-electron chi connectivity index (χ2n) is 9.87. The molecule has 2 saturated heterocycles. The predicted molar refractivity (Wildman–Crippen MR) is 153 cm³/mol. The number of nitrogens with one attached hydrogen (secondary N) is 2. The molecule has 0 radical (unpaired) electrons. The Hall–Kier alpha value is -3.75. The molecule has 4 heterocycles. The third kappa shape index (κ3) is 5.01. The molecule has 2 aliphatic rings. The molecule has 2 aromatic carbocycles. The van der Waals surface area contributed by atoms with Gasteiger partial charge in [0.25, 0.3) is 0 Å². The molecule has 4 aromatic rings. The van der Waals surface area contributed by atoms with Crippen molar-refractivity contribution in [3.05, 3.63) is 96.6 Å². The summed E-state index contributed by atoms with van der Waals surface area (Å²) in [6.07, 6.45) is 6.62. The van der Waals surface area contributed by atoms with Crippen LogP contribution in [0.4, 0.5) is 5.69 Å². The summed E-state index contributed by atoms with van der Waals surface area (Å²) in [5.41, 5.74) is 2.88. The molecular formula is C30H31N5O2S. The molecule has 3 atom stereocenters. The smallest absolute Gasteiger partial charge is 0.226 e. The van der Waals surface area contributed by atoms with Gasteiger partial charge in [0.05, 0.1) is 23.9 Å². The van der Waals surface area contributed by atoms with Crippen molar-refractivity contribution in [2.45, 2.75) is 44.0 Å². The van der Waals surface area contributed by atoms with Gasteiger partial charge in [0.2, 0.25) is 5.91 Å². The highest BCUT2D eigenvalue weighted by molar-refractivity contribution is 7.80. The fourth-order valence-corrected chi connectivity index (χ4v) is 5.94. The van der Waals surface area contributed by atoms with Gasteiger partial charge in [-0.25, -0.2) is 0 Å². The molecule has 194 valence electrons. The quantitative estimate of drug-likeness (QED) is 0.308. The van der Waals surface area contributed by atoms with E-state index in [4.69, 9.17) is 17.0 Å². The van der Waals surface area contributed by atoms with Crippen molar-refractivity contribution in [1.82, 2.24) is 19.8 Å². The fraction of sp³-hybridized carbons (Fsp3) is 0.300. The third-order valence-corrected chi connectivity index (χ3v) is 7.79. The lowest BCUT2D eigenvalue weighted by Crippen LogP contribution is -2.33. The summed E-state index contributed by atoms with van der Waals surface area (Å²) in [4.78, 5) is 19.9. The minimum Gasteiger partial charge on any atom is -0.376 e. The molecule has 2 aliphatic heterocycles. The number of carbonyl (C=O) groups excluding carboxylic acids is 1. The highest BCUT2D eigenvalue weighted by atomic mass is 32.1. The maximum absolute atomic E-state index is 13.1. The number of nitrogens with zero attached hydrogens (tertiary/aromatic N) is 3. The van der Waals surface area contributed by atoms with Crippen LogP contribution in [0.2, 0.25) is 0 Å². The minimum atomic E-state index is -0.122. The van der Waals surface area contributed by atoms with Crippen molar-refractivity contribution >= 4 is 39.7 Å². The van der Waals surface area contributed by atoms with Gasteiger partial charge in [-0.3, -0.25) is 9.78 Å². The Morgan fingerprint density at radius 3 is 2.79 bits per heavy atom. The second kappa shape index (κ2) is 10.9. The number of anilines is 1. The number of hydrogen-bond acceptors (Lipinski definition) is 4. The van der Waals surface area contributed by atoms with Crippen LogP contribution >= 0.6 is 12.2 Å². The van der Waals surface area contributed by atoms with E-state index in [-0.39, 0.29) is 24.1 Å². The van der Waals surface area contributed by atoms with E-state index in [1.807, 2.05) is 66.9 Å². The van der Waals surface area contributed by atoms with Gasteiger partial charge in [-0.05, 0) is 60.8 Å². The summed E-state index contributed by atoms with van der Waals surface area (Å²) in [6.45, 7) is 2.11. The molecule has 0 spiro atoms. The topological polar surface area (TPSA) is 71.4 Å². The normalized spacial score (nSPS) is 21.1. The number of rotatable bonds is 8. The molecule has 0 aliphatic carbocycles. The van der Waals surface area contributed by atoms with Crippen LogP contribution in [0.1, 0.15) is 42.7 Å². The number of thiocarbonyl (C=S) groups is 1. The van der Waals surface area contributed by atoms with Crippen LogP contribution in [0.5, 0.6) is 0 Å². The first-order valence-corrected chi connectivity index (χ1v) is 13.6. The molecule has 2 fully saturated rings. The largest absolute Gasteiger partial charge is 0.376 e. The molecule has 0 bridgehead atoms. The Morgan fingerprint density at radius 2 is 1.95 bits per heavy atom. The average Bonchev–Trinajstić information content (AvgIpc) is 3.69. The summed E-state index contributed by atoms with van der Waals surface area (Å²) in [5, 5.41) is 9.37. The molecule has 2 N–H and O–H groups in total. The molecule has 6 rings (SSSR count). The van der Waals surface area contributed by atoms with Crippen LogP contribution in [0.3, 0.4) is 0 Å². The lowest BCUT2D eigenvalue weighted by Gasteiger charge is -2.29. The molecule has 38 heavy (non-hydrogen) atoms. The molecule has 1 amide bonds. The van der Waals surface area contributed by atoms with E-state index in [0.717, 1.165) is 53.8 Å². The van der Waals surface area contributed by atoms with Gasteiger partial charge < -0.3 is 24.8 Å². The number of benzene rings is 2. The van der Waals surface area contributed by atoms with Gasteiger partial charge in [-0.2, -0.15) is 0 Å². The predicted octanol–water partition coefficient (Wildman–Crippen LogP) is 5.22. The third-order valence-electron chi connectivity index (χ3n) is 7.43. The molecule has 0 saturated carbocycles. The van der Waals surface area contributed by atoms with E-state index in [2.05, 4.69) is 43.4 Å². The second-order valence-corrected chi connectivity index (χ2v) is 10.3. The number of hydrogen-bond donors (Lipinski definition) is 2. The zero-order valence-electron chi connectivity index (χ0n) is 21.1. The van der Waals surface area contributed by atoms with Gasteiger partial charge in [0, 0.05) is 55.3 Å². The Bertz CT molecular complexity index is 1430. The summed E-state index contributed by atoms with van der Waals surface area (Å²) in [5.74, 6) is -0.0427. The van der Waals surface area contributed by atoms with Crippen molar-refractivity contribution in [2.24, 2.45) is 0 Å². The van der Waals surface area contributed by atoms with Crippen molar-refractivity contribution < 1.29 is 9.53 Å². The lowest BCUT2D eigenvalue weighted by atomic mass is 10.0. The Balaban J connectivity index is 1.24. The number of aromatic nitrogens is 2. The van der Waals surface area contributed by atoms with Crippen LogP contribution in [0.25, 0.3) is 10.8 Å². The monoisotopic (exact) mass is 525 g/mol. The number of fused-ring (bicyclic) bond motifs is 1. The lowest BCUT2D eigenvalue weighted by molar-refractivity contribution is -0.116. The van der Waals surface area contributed by atoms with Crippen LogP contribution in [0, 0.1) is 0 Å². The van der Waals surface area contributed by atoms with Crippen LogP contribution in [0.15, 0.2) is 85.2 Å². The maximum Gasteiger partial charge on any atom is 0.226 e. The molecule has 0 unspecified atom stereocenters. The Morgan fingerprint density at radius 1 is 1.08 bits per heavy atom. The highest BCUT2D eigenvalue weighted by Crippen LogP contribution is 2.39. The van der Waals surface area contributed by atoms with Crippen molar-refractivity contribution in [2.75, 3.05) is 18.5 Å². The van der Waals surface area contributed by atoms with Crippen molar-refractivity contribution in [1.29, 1.82) is 0 Å². The minimum absolute atomic E-state index is 0.0427. The fourth-order valence-electron chi connectivity index (χ4n) is 5.61. The van der Waals surface area contributed by atoms with E-state index < -0.39 is 0 Å². The van der Waals surface area contributed by atoms with E-state index in [0.29, 0.717) is 18.1 Å². The van der Waals surface area contributed by atoms with Gasteiger partial charge in [0.1, 0.15) is 0 Å². The maximum atomic E-state index is 13.1. The highest BCUT2D eigenvalue weighted by Gasteiger charge is 2.41. The van der Waals surface area contributed by atoms with Crippen molar-refractivity contribution in [3.63, 3.8) is 0 Å². The molecule has 2 aromatic heterocycles. The van der Waals surface area contributed by atoms with E-state index in [9.17, 15) is 4.79 Å². The zero-order chi connectivity index (χ0) is 25.9. The standard InChI is InChI=1S/C30H31N5O2S/c36-27(32-24-13-5-9-21-8-1-2-11-23(21)24)15-18-35-29(28(33-30(35)38)25-12-3-4-16-31-25)26-14-6-17-34(26)20-22-10-7-19-37-22/h1-6,8-9,11-14,16-17,22,28-29H,7,10,15,18-20H2,(H,32,36)(H,33,38)/t22-,28+,29-/m0/s1. The van der Waals surface area contributed by atoms with Gasteiger partial charge in [0.15, 0.2) is 5.11 Å². The van der Waals surface area contributed by atoms with E-state index >= 15 is 0 Å². The first kappa shape index (κ1) is 24.6. The summed E-state index contributed by atoms with van der Waals surface area (Å²) >= 11 is 5.82.